The zero-order valence-electron chi connectivity index (χ0n) is 12.0. The van der Waals surface area contributed by atoms with E-state index >= 15 is 0 Å². The van der Waals surface area contributed by atoms with Crippen LogP contribution in [0.1, 0.15) is 18.9 Å². The molecule has 0 aliphatic heterocycles. The van der Waals surface area contributed by atoms with Crippen molar-refractivity contribution in [3.05, 3.63) is 29.8 Å². The lowest BCUT2D eigenvalue weighted by Gasteiger charge is -2.08. The van der Waals surface area contributed by atoms with Crippen LogP contribution in [0.25, 0.3) is 0 Å². The summed E-state index contributed by atoms with van der Waals surface area (Å²) in [6.45, 7) is 2.52. The van der Waals surface area contributed by atoms with Gasteiger partial charge in [0.2, 0.25) is 5.95 Å². The molecular formula is C14H18N4O3. The van der Waals surface area contributed by atoms with Gasteiger partial charge in [0, 0.05) is 7.05 Å². The van der Waals surface area contributed by atoms with Gasteiger partial charge in [0.1, 0.15) is 5.75 Å². The first-order chi connectivity index (χ1) is 10.2. The Morgan fingerprint density at radius 2 is 1.81 bits per heavy atom. The molecule has 2 N–H and O–H groups in total. The van der Waals surface area contributed by atoms with Gasteiger partial charge in [-0.1, -0.05) is 19.1 Å². The van der Waals surface area contributed by atoms with Gasteiger partial charge >= 0.3 is 12.0 Å². The van der Waals surface area contributed by atoms with Crippen molar-refractivity contribution in [2.45, 2.75) is 20.0 Å². The summed E-state index contributed by atoms with van der Waals surface area (Å²) in [5, 5.41) is 11.8. The standard InChI is InChI=1S/C14H18N4O3/c1-3-8-20-13-16-12(15-2)17-14(18-13)21-11-6-4-10(9-19)5-7-11/h4-7,19H,3,8-9H2,1-2H3,(H,15,16,17,18). The molecule has 0 bridgehead atoms. The molecular weight excluding hydrogens is 272 g/mol. The third-order valence-corrected chi connectivity index (χ3v) is 2.57. The third kappa shape index (κ3) is 4.28. The summed E-state index contributed by atoms with van der Waals surface area (Å²) in [6, 6.07) is 7.38. The number of nitrogens with zero attached hydrogens (tertiary/aromatic N) is 3. The SMILES string of the molecule is CCCOc1nc(NC)nc(Oc2ccc(CO)cc2)n1. The van der Waals surface area contributed by atoms with Crippen molar-refractivity contribution in [1.29, 1.82) is 0 Å². The number of benzene rings is 1. The van der Waals surface area contributed by atoms with Crippen molar-refractivity contribution in [2.75, 3.05) is 19.0 Å². The molecule has 7 nitrogen and oxygen atoms in total. The van der Waals surface area contributed by atoms with Crippen LogP contribution in [0.15, 0.2) is 24.3 Å². The fourth-order valence-electron chi connectivity index (χ4n) is 1.52. The van der Waals surface area contributed by atoms with E-state index in [0.29, 0.717) is 18.3 Å². The molecule has 0 radical (unpaired) electrons. The van der Waals surface area contributed by atoms with Gasteiger partial charge in [-0.05, 0) is 24.1 Å². The number of anilines is 1. The van der Waals surface area contributed by atoms with Crippen LogP contribution in [-0.2, 0) is 6.61 Å². The molecule has 0 atom stereocenters. The largest absolute Gasteiger partial charge is 0.463 e. The molecule has 7 heteroatoms. The van der Waals surface area contributed by atoms with Gasteiger partial charge in [0.25, 0.3) is 0 Å². The van der Waals surface area contributed by atoms with Crippen molar-refractivity contribution < 1.29 is 14.6 Å². The number of nitrogens with one attached hydrogen (secondary N) is 1. The molecule has 112 valence electrons. The van der Waals surface area contributed by atoms with Crippen LogP contribution in [-0.4, -0.2) is 33.7 Å². The van der Waals surface area contributed by atoms with E-state index in [0.717, 1.165) is 12.0 Å². The van der Waals surface area contributed by atoms with E-state index in [1.807, 2.05) is 6.92 Å². The Hall–Kier alpha value is -2.41. The maximum Gasteiger partial charge on any atom is 0.330 e. The van der Waals surface area contributed by atoms with Crippen molar-refractivity contribution >= 4 is 5.95 Å². The second-order valence-electron chi connectivity index (χ2n) is 4.23. The number of hydrogen-bond donors (Lipinski definition) is 2. The molecule has 0 unspecified atom stereocenters. The number of aliphatic hydroxyl groups excluding tert-OH is 1. The molecule has 1 aromatic heterocycles. The monoisotopic (exact) mass is 290 g/mol. The van der Waals surface area contributed by atoms with E-state index in [4.69, 9.17) is 14.6 Å². The Morgan fingerprint density at radius 3 is 2.43 bits per heavy atom. The average Bonchev–Trinajstić information content (AvgIpc) is 2.53. The Balaban J connectivity index is 2.16. The topological polar surface area (TPSA) is 89.4 Å². The lowest BCUT2D eigenvalue weighted by Crippen LogP contribution is -2.06. The van der Waals surface area contributed by atoms with Crippen LogP contribution >= 0.6 is 0 Å². The summed E-state index contributed by atoms with van der Waals surface area (Å²) >= 11 is 0. The normalized spacial score (nSPS) is 10.2. The van der Waals surface area contributed by atoms with Gasteiger partial charge in [-0.2, -0.15) is 9.97 Å². The van der Waals surface area contributed by atoms with E-state index in [-0.39, 0.29) is 18.6 Å². The maximum absolute atomic E-state index is 9.01. The molecule has 0 spiro atoms. The molecule has 1 aromatic carbocycles. The first-order valence-electron chi connectivity index (χ1n) is 6.69. The molecule has 0 aliphatic carbocycles. The van der Waals surface area contributed by atoms with Gasteiger partial charge in [0.15, 0.2) is 0 Å². The minimum atomic E-state index is -0.00898. The van der Waals surface area contributed by atoms with Crippen LogP contribution in [0.4, 0.5) is 5.95 Å². The van der Waals surface area contributed by atoms with Gasteiger partial charge in [-0.15, -0.1) is 4.98 Å². The highest BCUT2D eigenvalue weighted by Crippen LogP contribution is 2.21. The van der Waals surface area contributed by atoms with Gasteiger partial charge in [-0.3, -0.25) is 0 Å². The second kappa shape index (κ2) is 7.39. The summed E-state index contributed by atoms with van der Waals surface area (Å²) in [6.07, 6.45) is 0.860. The van der Waals surface area contributed by atoms with E-state index in [1.54, 1.807) is 31.3 Å². The predicted molar refractivity (Wildman–Crippen MR) is 77.6 cm³/mol. The zero-order chi connectivity index (χ0) is 15.1. The molecule has 0 amide bonds. The molecule has 21 heavy (non-hydrogen) atoms. The summed E-state index contributed by atoms with van der Waals surface area (Å²) in [5.74, 6) is 0.944. The number of rotatable bonds is 7. The number of ether oxygens (including phenoxy) is 2. The summed E-state index contributed by atoms with van der Waals surface area (Å²) in [5.41, 5.74) is 0.806. The Labute approximate surface area is 123 Å². The van der Waals surface area contributed by atoms with Crippen molar-refractivity contribution in [1.82, 2.24) is 15.0 Å². The van der Waals surface area contributed by atoms with Crippen LogP contribution in [0.5, 0.6) is 17.8 Å². The maximum atomic E-state index is 9.01. The summed E-state index contributed by atoms with van der Waals surface area (Å²) < 4.78 is 11.0. The number of hydrogen-bond acceptors (Lipinski definition) is 7. The minimum Gasteiger partial charge on any atom is -0.463 e. The molecule has 0 aliphatic rings. The van der Waals surface area contributed by atoms with Crippen molar-refractivity contribution in [3.8, 4) is 17.8 Å². The Kier molecular flexibility index (Phi) is 5.28. The van der Waals surface area contributed by atoms with Crippen LogP contribution in [0.2, 0.25) is 0 Å². The molecule has 2 rings (SSSR count). The molecule has 0 saturated carbocycles. The average molecular weight is 290 g/mol. The van der Waals surface area contributed by atoms with Gasteiger partial charge in [0.05, 0.1) is 13.2 Å². The first kappa shape index (κ1) is 15.0. The Bertz CT molecular complexity index is 575. The fourth-order valence-corrected chi connectivity index (χ4v) is 1.52. The number of aromatic nitrogens is 3. The van der Waals surface area contributed by atoms with E-state index in [9.17, 15) is 0 Å². The molecule has 1 heterocycles. The second-order valence-corrected chi connectivity index (χ2v) is 4.23. The van der Waals surface area contributed by atoms with Gasteiger partial charge in [-0.25, -0.2) is 0 Å². The molecule has 0 fully saturated rings. The van der Waals surface area contributed by atoms with Gasteiger partial charge < -0.3 is 19.9 Å². The third-order valence-electron chi connectivity index (χ3n) is 2.57. The van der Waals surface area contributed by atoms with Crippen LogP contribution in [0, 0.1) is 0 Å². The minimum absolute atomic E-state index is 0.00898. The van der Waals surface area contributed by atoms with Crippen LogP contribution in [0.3, 0.4) is 0 Å². The quantitative estimate of drug-likeness (QED) is 0.806. The highest BCUT2D eigenvalue weighted by molar-refractivity contribution is 5.31. The lowest BCUT2D eigenvalue weighted by atomic mass is 10.2. The van der Waals surface area contributed by atoms with Crippen LogP contribution < -0.4 is 14.8 Å². The smallest absolute Gasteiger partial charge is 0.330 e. The predicted octanol–water partition coefficient (Wildman–Crippen LogP) is 1.99. The molecule has 2 aromatic rings. The summed E-state index contributed by atoms with van der Waals surface area (Å²) in [4.78, 5) is 12.3. The Morgan fingerprint density at radius 1 is 1.10 bits per heavy atom. The van der Waals surface area contributed by atoms with E-state index in [2.05, 4.69) is 20.3 Å². The lowest BCUT2D eigenvalue weighted by molar-refractivity contribution is 0.281. The highest BCUT2D eigenvalue weighted by atomic mass is 16.5. The first-order valence-corrected chi connectivity index (χ1v) is 6.69. The molecule has 0 saturated heterocycles. The summed E-state index contributed by atoms with van der Waals surface area (Å²) in [7, 11) is 1.71. The van der Waals surface area contributed by atoms with Crippen molar-refractivity contribution in [2.24, 2.45) is 0 Å². The zero-order valence-corrected chi connectivity index (χ0v) is 12.0. The van der Waals surface area contributed by atoms with E-state index in [1.165, 1.54) is 0 Å². The van der Waals surface area contributed by atoms with E-state index < -0.39 is 0 Å². The fraction of sp³-hybridized carbons (Fsp3) is 0.357. The number of aliphatic hydroxyl groups is 1. The van der Waals surface area contributed by atoms with Crippen molar-refractivity contribution in [3.63, 3.8) is 0 Å². The highest BCUT2D eigenvalue weighted by Gasteiger charge is 2.08.